The molecule has 0 aliphatic carbocycles. The first kappa shape index (κ1) is 15.4. The summed E-state index contributed by atoms with van der Waals surface area (Å²) in [5.41, 5.74) is 4.44. The van der Waals surface area contributed by atoms with Crippen LogP contribution in [-0.2, 0) is 0 Å². The third-order valence-corrected chi connectivity index (χ3v) is 4.02. The second-order valence-electron chi connectivity index (χ2n) is 5.27. The predicted molar refractivity (Wildman–Crippen MR) is 93.3 cm³/mol. The maximum atomic E-state index is 12.6. The summed E-state index contributed by atoms with van der Waals surface area (Å²) in [6.45, 7) is 3.62. The van der Waals surface area contributed by atoms with Gasteiger partial charge >= 0.3 is 0 Å². The van der Waals surface area contributed by atoms with Gasteiger partial charge in [0.15, 0.2) is 0 Å². The first-order chi connectivity index (χ1) is 11.0. The van der Waals surface area contributed by atoms with E-state index in [0.29, 0.717) is 22.3 Å². The van der Waals surface area contributed by atoms with E-state index in [4.69, 9.17) is 0 Å². The predicted octanol–water partition coefficient (Wildman–Crippen LogP) is 3.16. The Hall–Kier alpha value is -2.47. The van der Waals surface area contributed by atoms with Crippen LogP contribution in [0.25, 0.3) is 10.9 Å². The number of halogens is 1. The molecule has 116 valence electrons. The number of aromatic nitrogens is 2. The number of carbonyl (C=O) groups excluding carboxylic acids is 1. The summed E-state index contributed by atoms with van der Waals surface area (Å²) in [5, 5.41) is 0.439. The molecule has 1 heterocycles. The number of aryl methyl sites for hydroxylation is 2. The van der Waals surface area contributed by atoms with Crippen molar-refractivity contribution in [2.75, 3.05) is 5.43 Å². The summed E-state index contributed by atoms with van der Waals surface area (Å²) in [4.78, 5) is 29.3. The molecule has 0 aliphatic rings. The Labute approximate surface area is 141 Å². The van der Waals surface area contributed by atoms with Crippen LogP contribution in [0.5, 0.6) is 0 Å². The zero-order chi connectivity index (χ0) is 16.6. The van der Waals surface area contributed by atoms with Gasteiger partial charge in [-0.1, -0.05) is 33.6 Å². The van der Waals surface area contributed by atoms with E-state index >= 15 is 0 Å². The van der Waals surface area contributed by atoms with E-state index in [0.717, 1.165) is 10.0 Å². The van der Waals surface area contributed by atoms with E-state index < -0.39 is 0 Å². The number of carbonyl (C=O) groups is 1. The molecule has 0 radical (unpaired) electrons. The van der Waals surface area contributed by atoms with E-state index in [2.05, 4.69) is 26.3 Å². The number of nitrogens with zero attached hydrogens (tertiary/aromatic N) is 2. The topological polar surface area (TPSA) is 64.0 Å². The van der Waals surface area contributed by atoms with Crippen LogP contribution >= 0.6 is 15.9 Å². The molecular weight excluding hydrogens is 358 g/mol. The van der Waals surface area contributed by atoms with Crippen LogP contribution in [0.3, 0.4) is 0 Å². The van der Waals surface area contributed by atoms with Gasteiger partial charge in [-0.05, 0) is 44.2 Å². The highest BCUT2D eigenvalue weighted by Crippen LogP contribution is 2.15. The number of amides is 1. The van der Waals surface area contributed by atoms with Gasteiger partial charge in [0.1, 0.15) is 5.82 Å². The molecule has 1 N–H and O–H groups in total. The van der Waals surface area contributed by atoms with E-state index in [1.807, 2.05) is 25.1 Å². The van der Waals surface area contributed by atoms with Crippen LogP contribution in [0, 0.1) is 13.8 Å². The highest BCUT2D eigenvalue weighted by atomic mass is 79.9. The van der Waals surface area contributed by atoms with Gasteiger partial charge in [-0.25, -0.2) is 9.66 Å². The monoisotopic (exact) mass is 371 g/mol. The Kier molecular flexibility index (Phi) is 4.00. The second kappa shape index (κ2) is 5.96. The van der Waals surface area contributed by atoms with Crippen molar-refractivity contribution in [2.45, 2.75) is 13.8 Å². The lowest BCUT2D eigenvalue weighted by Crippen LogP contribution is -2.35. The summed E-state index contributed by atoms with van der Waals surface area (Å²) in [7, 11) is 0. The Morgan fingerprint density at radius 1 is 1.13 bits per heavy atom. The number of fused-ring (bicyclic) bond motifs is 1. The molecular formula is C17H14BrN3O2. The minimum atomic E-state index is -0.355. The van der Waals surface area contributed by atoms with Gasteiger partial charge in [-0.3, -0.25) is 15.0 Å². The van der Waals surface area contributed by atoms with Crippen molar-refractivity contribution in [3.8, 4) is 0 Å². The maximum Gasteiger partial charge on any atom is 0.280 e. The standard InChI is InChI=1S/C17H14BrN3O2/c1-10-3-5-12(6-4-10)16(22)20-21-11(2)19-15-8-7-13(18)9-14(15)17(21)23/h3-9H,1-2H3,(H,20,22). The first-order valence-corrected chi connectivity index (χ1v) is 7.82. The Morgan fingerprint density at radius 2 is 1.83 bits per heavy atom. The van der Waals surface area contributed by atoms with Crippen LogP contribution in [0.4, 0.5) is 0 Å². The molecule has 0 aliphatic heterocycles. The molecule has 1 aromatic heterocycles. The first-order valence-electron chi connectivity index (χ1n) is 7.02. The SMILES string of the molecule is Cc1ccc(C(=O)Nn2c(C)nc3ccc(Br)cc3c2=O)cc1. The maximum absolute atomic E-state index is 12.6. The zero-order valence-electron chi connectivity index (χ0n) is 12.6. The summed E-state index contributed by atoms with van der Waals surface area (Å²) < 4.78 is 1.96. The van der Waals surface area contributed by atoms with Gasteiger partial charge in [0.05, 0.1) is 10.9 Å². The van der Waals surface area contributed by atoms with Crippen molar-refractivity contribution in [1.82, 2.24) is 9.66 Å². The smallest absolute Gasteiger partial charge is 0.267 e. The summed E-state index contributed by atoms with van der Waals surface area (Å²) in [6, 6.07) is 12.4. The third kappa shape index (κ3) is 3.03. The minimum Gasteiger partial charge on any atom is -0.267 e. The molecule has 23 heavy (non-hydrogen) atoms. The van der Waals surface area contributed by atoms with Crippen LogP contribution in [0.2, 0.25) is 0 Å². The van der Waals surface area contributed by atoms with Gasteiger partial charge in [0, 0.05) is 10.0 Å². The fourth-order valence-corrected chi connectivity index (χ4v) is 2.63. The van der Waals surface area contributed by atoms with E-state index in [9.17, 15) is 9.59 Å². The van der Waals surface area contributed by atoms with Crippen molar-refractivity contribution >= 4 is 32.7 Å². The molecule has 0 fully saturated rings. The Morgan fingerprint density at radius 3 is 2.52 bits per heavy atom. The van der Waals surface area contributed by atoms with Crippen LogP contribution in [0.1, 0.15) is 21.7 Å². The van der Waals surface area contributed by atoms with Gasteiger partial charge in [-0.15, -0.1) is 0 Å². The van der Waals surface area contributed by atoms with Crippen molar-refractivity contribution < 1.29 is 4.79 Å². The summed E-state index contributed by atoms with van der Waals surface area (Å²) in [5.74, 6) is 0.0663. The summed E-state index contributed by atoms with van der Waals surface area (Å²) in [6.07, 6.45) is 0. The average Bonchev–Trinajstić information content (AvgIpc) is 2.53. The number of rotatable bonds is 2. The van der Waals surface area contributed by atoms with Crippen molar-refractivity contribution in [3.05, 3.63) is 74.2 Å². The van der Waals surface area contributed by atoms with Gasteiger partial charge in [-0.2, -0.15) is 0 Å². The van der Waals surface area contributed by atoms with E-state index in [1.54, 1.807) is 31.2 Å². The molecule has 0 atom stereocenters. The molecule has 0 saturated heterocycles. The summed E-state index contributed by atoms with van der Waals surface area (Å²) >= 11 is 3.34. The number of hydrogen-bond donors (Lipinski definition) is 1. The van der Waals surface area contributed by atoms with Crippen molar-refractivity contribution in [3.63, 3.8) is 0 Å². The number of benzene rings is 2. The van der Waals surface area contributed by atoms with Crippen molar-refractivity contribution in [1.29, 1.82) is 0 Å². The Bertz CT molecular complexity index is 962. The lowest BCUT2D eigenvalue weighted by Gasteiger charge is -2.12. The third-order valence-electron chi connectivity index (χ3n) is 3.53. The van der Waals surface area contributed by atoms with Gasteiger partial charge in [0.25, 0.3) is 11.5 Å². The zero-order valence-corrected chi connectivity index (χ0v) is 14.2. The number of nitrogens with one attached hydrogen (secondary N) is 1. The number of hydrogen-bond acceptors (Lipinski definition) is 3. The van der Waals surface area contributed by atoms with Crippen LogP contribution < -0.4 is 11.0 Å². The molecule has 3 aromatic rings. The fourth-order valence-electron chi connectivity index (χ4n) is 2.27. The largest absolute Gasteiger partial charge is 0.280 e. The average molecular weight is 372 g/mol. The fraction of sp³-hybridized carbons (Fsp3) is 0.118. The highest BCUT2D eigenvalue weighted by Gasteiger charge is 2.12. The Balaban J connectivity index is 2.04. The molecule has 6 heteroatoms. The molecule has 0 spiro atoms. The van der Waals surface area contributed by atoms with E-state index in [1.165, 1.54) is 4.68 Å². The normalized spacial score (nSPS) is 10.7. The lowest BCUT2D eigenvalue weighted by molar-refractivity contribution is 0.101. The quantitative estimate of drug-likeness (QED) is 0.752. The molecule has 0 bridgehead atoms. The molecule has 0 unspecified atom stereocenters. The van der Waals surface area contributed by atoms with Gasteiger partial charge < -0.3 is 0 Å². The molecule has 5 nitrogen and oxygen atoms in total. The molecule has 2 aromatic carbocycles. The van der Waals surface area contributed by atoms with Crippen LogP contribution in [0.15, 0.2) is 51.7 Å². The minimum absolute atomic E-state index is 0.311. The lowest BCUT2D eigenvalue weighted by atomic mass is 10.1. The van der Waals surface area contributed by atoms with E-state index in [-0.39, 0.29) is 11.5 Å². The molecule has 1 amide bonds. The van der Waals surface area contributed by atoms with Crippen molar-refractivity contribution in [2.24, 2.45) is 0 Å². The molecule has 0 saturated carbocycles. The van der Waals surface area contributed by atoms with Gasteiger partial charge in [0.2, 0.25) is 0 Å². The second-order valence-corrected chi connectivity index (χ2v) is 6.18. The molecule has 3 rings (SSSR count). The van der Waals surface area contributed by atoms with Crippen LogP contribution in [-0.4, -0.2) is 15.6 Å². The highest BCUT2D eigenvalue weighted by molar-refractivity contribution is 9.10.